The molecule has 2 rings (SSSR count). The van der Waals surface area contributed by atoms with E-state index in [9.17, 15) is 14.3 Å². The third kappa shape index (κ3) is 5.27. The summed E-state index contributed by atoms with van der Waals surface area (Å²) in [7, 11) is 0. The van der Waals surface area contributed by atoms with E-state index in [0.717, 1.165) is 0 Å². The summed E-state index contributed by atoms with van der Waals surface area (Å²) in [5.74, 6) is -0.0508. The highest BCUT2D eigenvalue weighted by Gasteiger charge is 2.21. The Hall–Kier alpha value is -1.46. The fourth-order valence-electron chi connectivity index (χ4n) is 1.82. The number of carbonyl (C=O) groups excluding carboxylic acids is 1. The molecule has 1 saturated carbocycles. The maximum Gasteiger partial charge on any atom is 0.224 e. The van der Waals surface area contributed by atoms with Gasteiger partial charge in [0.25, 0.3) is 0 Å². The molecule has 1 amide bonds. The van der Waals surface area contributed by atoms with Crippen molar-refractivity contribution in [1.29, 1.82) is 0 Å². The van der Waals surface area contributed by atoms with Crippen molar-refractivity contribution in [2.24, 2.45) is 5.92 Å². The Bertz CT molecular complexity index is 448. The Morgan fingerprint density at radius 1 is 1.45 bits per heavy atom. The maximum atomic E-state index is 13.3. The highest BCUT2D eigenvalue weighted by atomic mass is 19.1. The Balaban J connectivity index is 1.62. The highest BCUT2D eigenvalue weighted by Crippen LogP contribution is 2.28. The van der Waals surface area contributed by atoms with Gasteiger partial charge in [-0.2, -0.15) is 0 Å². The summed E-state index contributed by atoms with van der Waals surface area (Å²) >= 11 is 0. The Morgan fingerprint density at radius 3 is 2.90 bits per heavy atom. The van der Waals surface area contributed by atoms with Gasteiger partial charge in [0.2, 0.25) is 5.91 Å². The molecule has 0 radical (unpaired) electrons. The van der Waals surface area contributed by atoms with E-state index in [1.54, 1.807) is 18.2 Å². The summed E-state index contributed by atoms with van der Waals surface area (Å²) in [6.07, 6.45) is 1.66. The van der Waals surface area contributed by atoms with Gasteiger partial charge in [-0.3, -0.25) is 4.79 Å². The molecule has 110 valence electrons. The second-order valence-corrected chi connectivity index (χ2v) is 5.21. The molecule has 20 heavy (non-hydrogen) atoms. The van der Waals surface area contributed by atoms with E-state index in [-0.39, 0.29) is 25.5 Å². The summed E-state index contributed by atoms with van der Waals surface area (Å²) in [5, 5.41) is 12.2. The van der Waals surface area contributed by atoms with Gasteiger partial charge in [-0.05, 0) is 30.4 Å². The van der Waals surface area contributed by atoms with Crippen LogP contribution in [0.3, 0.4) is 0 Å². The number of nitrogens with one attached hydrogen (secondary N) is 1. The first-order valence-corrected chi connectivity index (χ1v) is 6.91. The van der Waals surface area contributed by atoms with Crippen LogP contribution in [0.1, 0.15) is 18.4 Å². The molecule has 4 nitrogen and oxygen atoms in total. The lowest BCUT2D eigenvalue weighted by molar-refractivity contribution is -0.121. The quantitative estimate of drug-likeness (QED) is 0.754. The summed E-state index contributed by atoms with van der Waals surface area (Å²) in [6.45, 7) is 1.02. The van der Waals surface area contributed by atoms with Gasteiger partial charge in [-0.15, -0.1) is 0 Å². The van der Waals surface area contributed by atoms with Crippen LogP contribution in [-0.2, 0) is 16.0 Å². The lowest BCUT2D eigenvalue weighted by atomic mass is 10.1. The van der Waals surface area contributed by atoms with Gasteiger partial charge in [0.15, 0.2) is 0 Å². The van der Waals surface area contributed by atoms with Crippen molar-refractivity contribution < 1.29 is 19.0 Å². The number of hydrogen-bond donors (Lipinski definition) is 2. The summed E-state index contributed by atoms with van der Waals surface area (Å²) < 4.78 is 18.7. The van der Waals surface area contributed by atoms with Crippen LogP contribution in [0.4, 0.5) is 4.39 Å². The summed E-state index contributed by atoms with van der Waals surface area (Å²) in [5.41, 5.74) is 0.351. The van der Waals surface area contributed by atoms with E-state index in [1.165, 1.54) is 18.9 Å². The van der Waals surface area contributed by atoms with Crippen molar-refractivity contribution in [3.05, 3.63) is 35.6 Å². The zero-order valence-corrected chi connectivity index (χ0v) is 11.3. The number of rotatable bonds is 8. The molecule has 1 aromatic carbocycles. The fraction of sp³-hybridized carbons (Fsp3) is 0.533. The Labute approximate surface area is 117 Å². The van der Waals surface area contributed by atoms with Crippen LogP contribution in [0.2, 0.25) is 0 Å². The highest BCUT2D eigenvalue weighted by molar-refractivity contribution is 5.78. The molecule has 0 spiro atoms. The average molecular weight is 281 g/mol. The lowest BCUT2D eigenvalue weighted by Crippen LogP contribution is -2.35. The molecule has 0 aliphatic heterocycles. The molecule has 1 aliphatic rings. The first-order chi connectivity index (χ1) is 9.65. The normalized spacial score (nSPS) is 15.9. The smallest absolute Gasteiger partial charge is 0.224 e. The largest absolute Gasteiger partial charge is 0.389 e. The molecule has 1 unspecified atom stereocenters. The van der Waals surface area contributed by atoms with Crippen molar-refractivity contribution in [2.75, 3.05) is 19.8 Å². The third-order valence-electron chi connectivity index (χ3n) is 3.20. The topological polar surface area (TPSA) is 58.6 Å². The molecular weight excluding hydrogens is 261 g/mol. The predicted molar refractivity (Wildman–Crippen MR) is 72.7 cm³/mol. The molecule has 5 heteroatoms. The van der Waals surface area contributed by atoms with Crippen LogP contribution in [0, 0.1) is 11.7 Å². The van der Waals surface area contributed by atoms with Gasteiger partial charge < -0.3 is 15.2 Å². The molecule has 1 aromatic rings. The van der Waals surface area contributed by atoms with Gasteiger partial charge in [-0.1, -0.05) is 18.2 Å². The van der Waals surface area contributed by atoms with Crippen molar-refractivity contribution in [3.8, 4) is 0 Å². The van der Waals surface area contributed by atoms with Crippen LogP contribution >= 0.6 is 0 Å². The lowest BCUT2D eigenvalue weighted by Gasteiger charge is -2.12. The molecule has 0 bridgehead atoms. The molecular formula is C15H20FNO3. The Morgan fingerprint density at radius 2 is 2.20 bits per heavy atom. The number of halogens is 1. The number of hydrogen-bond acceptors (Lipinski definition) is 3. The van der Waals surface area contributed by atoms with E-state index in [4.69, 9.17) is 4.74 Å². The second-order valence-electron chi connectivity index (χ2n) is 5.21. The van der Waals surface area contributed by atoms with E-state index in [0.29, 0.717) is 18.1 Å². The van der Waals surface area contributed by atoms with Gasteiger partial charge >= 0.3 is 0 Å². The van der Waals surface area contributed by atoms with E-state index in [1.807, 2.05) is 0 Å². The molecule has 1 fully saturated rings. The minimum atomic E-state index is -0.724. The van der Waals surface area contributed by atoms with Crippen LogP contribution < -0.4 is 5.32 Å². The Kier molecular flexibility index (Phi) is 5.49. The number of aliphatic hydroxyl groups is 1. The number of aliphatic hydroxyl groups excluding tert-OH is 1. The molecule has 0 heterocycles. The maximum absolute atomic E-state index is 13.3. The second kappa shape index (κ2) is 7.36. The van der Waals surface area contributed by atoms with Gasteiger partial charge in [-0.25, -0.2) is 4.39 Å². The minimum Gasteiger partial charge on any atom is -0.389 e. The average Bonchev–Trinajstić information content (AvgIpc) is 3.23. The molecule has 1 aliphatic carbocycles. The molecule has 0 saturated heterocycles. The molecule has 0 aromatic heterocycles. The zero-order chi connectivity index (χ0) is 14.4. The van der Waals surface area contributed by atoms with Gasteiger partial charge in [0, 0.05) is 13.2 Å². The van der Waals surface area contributed by atoms with Crippen LogP contribution in [0.15, 0.2) is 24.3 Å². The van der Waals surface area contributed by atoms with Crippen molar-refractivity contribution in [3.63, 3.8) is 0 Å². The first kappa shape index (κ1) is 14.9. The van der Waals surface area contributed by atoms with Crippen LogP contribution in [0.25, 0.3) is 0 Å². The number of carbonyl (C=O) groups is 1. The standard InChI is InChI=1S/C15H20FNO3/c16-14-4-2-1-3-12(14)7-15(19)17-8-13(18)10-20-9-11-5-6-11/h1-4,11,13,18H,5-10H2,(H,17,19). The van der Waals surface area contributed by atoms with Crippen molar-refractivity contribution >= 4 is 5.91 Å². The van der Waals surface area contributed by atoms with Crippen LogP contribution in [-0.4, -0.2) is 36.9 Å². The summed E-state index contributed by atoms with van der Waals surface area (Å²) in [6, 6.07) is 6.16. The van der Waals surface area contributed by atoms with E-state index in [2.05, 4.69) is 5.32 Å². The fourth-order valence-corrected chi connectivity index (χ4v) is 1.82. The van der Waals surface area contributed by atoms with Gasteiger partial charge in [0.1, 0.15) is 5.82 Å². The monoisotopic (exact) mass is 281 g/mol. The first-order valence-electron chi connectivity index (χ1n) is 6.91. The minimum absolute atomic E-state index is 0.0255. The van der Waals surface area contributed by atoms with Crippen molar-refractivity contribution in [1.82, 2.24) is 5.32 Å². The number of amides is 1. The van der Waals surface area contributed by atoms with Crippen LogP contribution in [0.5, 0.6) is 0 Å². The van der Waals surface area contributed by atoms with Gasteiger partial charge in [0.05, 0.1) is 19.1 Å². The molecule has 1 atom stereocenters. The number of ether oxygens (including phenoxy) is 1. The summed E-state index contributed by atoms with van der Waals surface area (Å²) in [4.78, 5) is 11.6. The SMILES string of the molecule is O=C(Cc1ccccc1F)NCC(O)COCC1CC1. The zero-order valence-electron chi connectivity index (χ0n) is 11.3. The van der Waals surface area contributed by atoms with Crippen molar-refractivity contribution in [2.45, 2.75) is 25.4 Å². The van der Waals surface area contributed by atoms with E-state index >= 15 is 0 Å². The third-order valence-corrected chi connectivity index (χ3v) is 3.20. The predicted octanol–water partition coefficient (Wildman–Crippen LogP) is 1.27. The number of benzene rings is 1. The molecule has 2 N–H and O–H groups in total. The van der Waals surface area contributed by atoms with E-state index < -0.39 is 11.9 Å².